The van der Waals surface area contributed by atoms with Crippen molar-refractivity contribution in [2.24, 2.45) is 0 Å². The van der Waals surface area contributed by atoms with Gasteiger partial charge in [0.2, 0.25) is 0 Å². The van der Waals surface area contributed by atoms with E-state index in [2.05, 4.69) is 4.98 Å². The molecule has 1 aliphatic heterocycles. The van der Waals surface area contributed by atoms with E-state index in [1.165, 1.54) is 4.90 Å². The van der Waals surface area contributed by atoms with Crippen molar-refractivity contribution in [2.45, 2.75) is 38.8 Å². The molecule has 1 aliphatic rings. The van der Waals surface area contributed by atoms with Gasteiger partial charge >= 0.3 is 0 Å². The van der Waals surface area contributed by atoms with E-state index in [0.717, 1.165) is 49.8 Å². The van der Waals surface area contributed by atoms with E-state index in [1.54, 1.807) is 20.2 Å². The fourth-order valence-corrected chi connectivity index (χ4v) is 2.92. The van der Waals surface area contributed by atoms with E-state index in [4.69, 9.17) is 0 Å². The predicted molar refractivity (Wildman–Crippen MR) is 82.0 cm³/mol. The average molecular weight is 319 g/mol. The molecule has 0 N–H and O–H groups in total. The fourth-order valence-electron chi connectivity index (χ4n) is 2.92. The summed E-state index contributed by atoms with van der Waals surface area (Å²) in [6.45, 7) is 2.54. The molecule has 1 aromatic carbocycles. The fraction of sp³-hybridized carbons (Fsp3) is 0.412. The Bertz CT molecular complexity index is 718. The van der Waals surface area contributed by atoms with Crippen molar-refractivity contribution in [1.29, 1.82) is 0 Å². The smallest absolute Gasteiger partial charge is 0.274 e. The van der Waals surface area contributed by atoms with Crippen LogP contribution in [-0.2, 0) is 13.0 Å². The maximum absolute atomic E-state index is 13.9. The molecule has 1 amide bonds. The summed E-state index contributed by atoms with van der Waals surface area (Å²) in [5.74, 6) is -0.421. The van der Waals surface area contributed by atoms with Crippen molar-refractivity contribution in [1.82, 2.24) is 14.5 Å². The lowest BCUT2D eigenvalue weighted by molar-refractivity contribution is 0.0734. The number of benzene rings is 1. The zero-order valence-electron chi connectivity index (χ0n) is 13.2. The first-order chi connectivity index (χ1) is 11.0. The van der Waals surface area contributed by atoms with E-state index in [0.29, 0.717) is 5.69 Å². The van der Waals surface area contributed by atoms with Gasteiger partial charge in [0.1, 0.15) is 23.2 Å². The number of carbonyl (C=O) groups excluding carboxylic acids is 1. The molecule has 122 valence electrons. The Balaban J connectivity index is 1.84. The first kappa shape index (κ1) is 15.6. The van der Waals surface area contributed by atoms with E-state index in [1.807, 2.05) is 4.57 Å². The van der Waals surface area contributed by atoms with Gasteiger partial charge in [-0.1, -0.05) is 0 Å². The van der Waals surface area contributed by atoms with E-state index in [-0.39, 0.29) is 11.5 Å². The number of aromatic nitrogens is 2. The number of halogens is 2. The Kier molecular flexibility index (Phi) is 4.15. The summed E-state index contributed by atoms with van der Waals surface area (Å²) in [7, 11) is 1.58. The van der Waals surface area contributed by atoms with Crippen LogP contribution in [0.15, 0.2) is 24.4 Å². The maximum Gasteiger partial charge on any atom is 0.274 e. The minimum absolute atomic E-state index is 0.157. The molecule has 1 atom stereocenters. The number of fused-ring (bicyclic) bond motifs is 1. The van der Waals surface area contributed by atoms with Gasteiger partial charge in [-0.2, -0.15) is 0 Å². The molecule has 3 rings (SSSR count). The van der Waals surface area contributed by atoms with Gasteiger partial charge in [-0.25, -0.2) is 13.8 Å². The highest BCUT2D eigenvalue weighted by Crippen LogP contribution is 2.24. The lowest BCUT2D eigenvalue weighted by atomic mass is 10.1. The molecule has 23 heavy (non-hydrogen) atoms. The van der Waals surface area contributed by atoms with Gasteiger partial charge in [0.25, 0.3) is 5.91 Å². The molecule has 0 unspecified atom stereocenters. The number of aryl methyl sites for hydroxylation is 2. The highest BCUT2D eigenvalue weighted by atomic mass is 19.1. The first-order valence-corrected chi connectivity index (χ1v) is 7.75. The molecule has 0 saturated heterocycles. The van der Waals surface area contributed by atoms with Gasteiger partial charge in [0, 0.05) is 31.8 Å². The Morgan fingerprint density at radius 1 is 1.35 bits per heavy atom. The number of carbonyl (C=O) groups is 1. The molecular weight excluding hydrogens is 300 g/mol. The standard InChI is InChI=1S/C17H19F2N3O/c1-11(13-9-12(18)6-7-14(13)19)21(2)17(23)15-10-22-8-4-3-5-16(22)20-15/h6-7,9-11H,3-5,8H2,1-2H3/t11-/m0/s1. The van der Waals surface area contributed by atoms with Crippen molar-refractivity contribution in [3.8, 4) is 0 Å². The number of imidazole rings is 1. The van der Waals surface area contributed by atoms with Crippen LogP contribution in [0.5, 0.6) is 0 Å². The Morgan fingerprint density at radius 3 is 2.87 bits per heavy atom. The van der Waals surface area contributed by atoms with Crippen molar-refractivity contribution in [3.05, 3.63) is 53.1 Å². The third-order valence-electron chi connectivity index (χ3n) is 4.44. The molecule has 2 aromatic rings. The Morgan fingerprint density at radius 2 is 2.13 bits per heavy atom. The third kappa shape index (κ3) is 2.98. The van der Waals surface area contributed by atoms with Crippen LogP contribution in [0.1, 0.15) is 47.7 Å². The van der Waals surface area contributed by atoms with Crippen molar-refractivity contribution >= 4 is 5.91 Å². The monoisotopic (exact) mass is 319 g/mol. The molecule has 4 nitrogen and oxygen atoms in total. The predicted octanol–water partition coefficient (Wildman–Crippen LogP) is 3.33. The van der Waals surface area contributed by atoms with Crippen LogP contribution in [0.4, 0.5) is 8.78 Å². The van der Waals surface area contributed by atoms with Gasteiger partial charge in [-0.15, -0.1) is 0 Å². The molecule has 0 radical (unpaired) electrons. The van der Waals surface area contributed by atoms with Crippen LogP contribution in [-0.4, -0.2) is 27.4 Å². The normalized spacial score (nSPS) is 15.1. The van der Waals surface area contributed by atoms with Gasteiger partial charge in [0.05, 0.1) is 6.04 Å². The van der Waals surface area contributed by atoms with Gasteiger partial charge in [-0.3, -0.25) is 4.79 Å². The topological polar surface area (TPSA) is 38.1 Å². The molecule has 0 spiro atoms. The highest BCUT2D eigenvalue weighted by molar-refractivity contribution is 5.92. The third-order valence-corrected chi connectivity index (χ3v) is 4.44. The van der Waals surface area contributed by atoms with Crippen molar-refractivity contribution < 1.29 is 13.6 Å². The zero-order chi connectivity index (χ0) is 16.6. The summed E-state index contributed by atoms with van der Waals surface area (Å²) in [4.78, 5) is 18.4. The largest absolute Gasteiger partial charge is 0.334 e. The van der Waals surface area contributed by atoms with Crippen LogP contribution in [0.3, 0.4) is 0 Å². The molecule has 0 aliphatic carbocycles. The average Bonchev–Trinajstić information content (AvgIpc) is 2.99. The lowest BCUT2D eigenvalue weighted by Crippen LogP contribution is -2.30. The highest BCUT2D eigenvalue weighted by Gasteiger charge is 2.25. The molecule has 1 aromatic heterocycles. The minimum Gasteiger partial charge on any atom is -0.334 e. The van der Waals surface area contributed by atoms with E-state index in [9.17, 15) is 13.6 Å². The molecule has 2 heterocycles. The van der Waals surface area contributed by atoms with Gasteiger partial charge < -0.3 is 9.47 Å². The van der Waals surface area contributed by atoms with Crippen LogP contribution in [0.2, 0.25) is 0 Å². The lowest BCUT2D eigenvalue weighted by Gasteiger charge is -2.25. The van der Waals surface area contributed by atoms with Crippen molar-refractivity contribution in [3.63, 3.8) is 0 Å². The van der Waals surface area contributed by atoms with Crippen LogP contribution in [0, 0.1) is 11.6 Å². The summed E-state index contributed by atoms with van der Waals surface area (Å²) in [5, 5.41) is 0. The second-order valence-corrected chi connectivity index (χ2v) is 5.95. The SMILES string of the molecule is C[C@@H](c1cc(F)ccc1F)N(C)C(=O)c1cn2c(n1)CCCC2. The summed E-state index contributed by atoms with van der Waals surface area (Å²) < 4.78 is 29.3. The summed E-state index contributed by atoms with van der Waals surface area (Å²) in [6.07, 6.45) is 4.77. The molecule has 6 heteroatoms. The first-order valence-electron chi connectivity index (χ1n) is 7.75. The quantitative estimate of drug-likeness (QED) is 0.870. The van der Waals surface area contributed by atoms with Gasteiger partial charge in [0.15, 0.2) is 0 Å². The number of hydrogen-bond acceptors (Lipinski definition) is 2. The molecule has 0 fully saturated rings. The van der Waals surface area contributed by atoms with E-state index >= 15 is 0 Å². The second-order valence-electron chi connectivity index (χ2n) is 5.95. The minimum atomic E-state index is -0.586. The Hall–Kier alpha value is -2.24. The summed E-state index contributed by atoms with van der Waals surface area (Å²) in [5.41, 5.74) is 0.512. The van der Waals surface area contributed by atoms with Crippen LogP contribution in [0.25, 0.3) is 0 Å². The zero-order valence-corrected chi connectivity index (χ0v) is 13.2. The van der Waals surface area contributed by atoms with Crippen LogP contribution >= 0.6 is 0 Å². The summed E-state index contributed by atoms with van der Waals surface area (Å²) in [6, 6.07) is 2.69. The Labute approximate surface area is 133 Å². The van der Waals surface area contributed by atoms with Gasteiger partial charge in [-0.05, 0) is 38.0 Å². The van der Waals surface area contributed by atoms with Crippen molar-refractivity contribution in [2.75, 3.05) is 7.05 Å². The van der Waals surface area contributed by atoms with E-state index < -0.39 is 17.7 Å². The number of hydrogen-bond donors (Lipinski definition) is 0. The van der Waals surface area contributed by atoms with Crippen LogP contribution < -0.4 is 0 Å². The number of rotatable bonds is 3. The molecule has 0 bridgehead atoms. The number of nitrogens with zero attached hydrogens (tertiary/aromatic N) is 3. The number of amides is 1. The second kappa shape index (κ2) is 6.10. The molecular formula is C17H19F2N3O. The summed E-state index contributed by atoms with van der Waals surface area (Å²) >= 11 is 0. The molecule has 0 saturated carbocycles. The maximum atomic E-state index is 13.9.